The summed E-state index contributed by atoms with van der Waals surface area (Å²) in [5, 5.41) is 7.80. The lowest BCUT2D eigenvalue weighted by atomic mass is 10.0. The van der Waals surface area contributed by atoms with Crippen LogP contribution in [0.25, 0.3) is 16.9 Å². The lowest BCUT2D eigenvalue weighted by Gasteiger charge is -2.12. The van der Waals surface area contributed by atoms with Gasteiger partial charge in [-0.15, -0.1) is 0 Å². The maximum absolute atomic E-state index is 12.8. The van der Waals surface area contributed by atoms with Gasteiger partial charge in [-0.2, -0.15) is 5.10 Å². The highest BCUT2D eigenvalue weighted by atomic mass is 16.2. The van der Waals surface area contributed by atoms with Crippen molar-refractivity contribution in [1.82, 2.24) is 15.1 Å². The van der Waals surface area contributed by atoms with Crippen LogP contribution in [0.1, 0.15) is 46.6 Å². The zero-order valence-corrected chi connectivity index (χ0v) is 16.9. The molecule has 3 rings (SSSR count). The molecule has 2 aromatic carbocycles. The van der Waals surface area contributed by atoms with Gasteiger partial charge in [0.25, 0.3) is 5.91 Å². The number of aromatic nitrogens is 2. The first-order chi connectivity index (χ1) is 12.8. The van der Waals surface area contributed by atoms with Crippen molar-refractivity contribution < 1.29 is 4.79 Å². The Balaban J connectivity index is 2.18. The van der Waals surface area contributed by atoms with Gasteiger partial charge in [-0.05, 0) is 82.0 Å². The highest BCUT2D eigenvalue weighted by Crippen LogP contribution is 2.25. The molecule has 0 aliphatic heterocycles. The van der Waals surface area contributed by atoms with Crippen LogP contribution >= 0.6 is 0 Å². The first-order valence-corrected chi connectivity index (χ1v) is 9.32. The summed E-state index contributed by atoms with van der Waals surface area (Å²) in [7, 11) is 0. The molecule has 0 aliphatic rings. The van der Waals surface area contributed by atoms with E-state index in [2.05, 4.69) is 55.6 Å². The molecule has 0 aliphatic carbocycles. The first-order valence-electron chi connectivity index (χ1n) is 9.32. The van der Waals surface area contributed by atoms with Crippen LogP contribution in [0, 0.1) is 27.7 Å². The Hall–Kier alpha value is -2.88. The normalized spacial score (nSPS) is 11.1. The summed E-state index contributed by atoms with van der Waals surface area (Å²) in [5.41, 5.74) is 7.95. The fraction of sp³-hybridized carbons (Fsp3) is 0.304. The van der Waals surface area contributed by atoms with E-state index < -0.39 is 0 Å². The summed E-state index contributed by atoms with van der Waals surface area (Å²) < 4.78 is 1.77. The average molecular weight is 361 g/mol. The third-order valence-corrected chi connectivity index (χ3v) is 4.76. The number of nitrogens with zero attached hydrogens (tertiary/aromatic N) is 2. The smallest absolute Gasteiger partial charge is 0.270 e. The van der Waals surface area contributed by atoms with Gasteiger partial charge in [0.2, 0.25) is 0 Å². The van der Waals surface area contributed by atoms with E-state index in [1.807, 2.05) is 33.8 Å². The number of benzene rings is 2. The van der Waals surface area contributed by atoms with Crippen LogP contribution in [-0.2, 0) is 0 Å². The summed E-state index contributed by atoms with van der Waals surface area (Å²) in [4.78, 5) is 12.8. The second kappa shape index (κ2) is 7.39. The third-order valence-electron chi connectivity index (χ3n) is 4.76. The van der Waals surface area contributed by atoms with Crippen molar-refractivity contribution in [2.45, 2.75) is 47.6 Å². The molecule has 1 amide bonds. The van der Waals surface area contributed by atoms with Gasteiger partial charge in [0.05, 0.1) is 11.4 Å². The Bertz CT molecular complexity index is 999. The van der Waals surface area contributed by atoms with Crippen LogP contribution in [0.2, 0.25) is 0 Å². The number of rotatable bonds is 4. The minimum absolute atomic E-state index is 0.0597. The minimum atomic E-state index is -0.117. The van der Waals surface area contributed by atoms with E-state index in [9.17, 15) is 4.79 Å². The molecule has 3 aromatic rings. The zero-order chi connectivity index (χ0) is 19.7. The number of hydrogen-bond acceptors (Lipinski definition) is 2. The van der Waals surface area contributed by atoms with Gasteiger partial charge in [0.15, 0.2) is 0 Å². The van der Waals surface area contributed by atoms with Crippen molar-refractivity contribution in [3.8, 4) is 16.9 Å². The zero-order valence-electron chi connectivity index (χ0n) is 16.9. The first kappa shape index (κ1) is 18.9. The Kier molecular flexibility index (Phi) is 5.17. The molecule has 0 fully saturated rings. The molecule has 1 aromatic heterocycles. The van der Waals surface area contributed by atoms with E-state index in [-0.39, 0.29) is 11.9 Å². The molecule has 0 bridgehead atoms. The molecule has 27 heavy (non-hydrogen) atoms. The Labute approximate surface area is 161 Å². The molecule has 4 nitrogen and oxygen atoms in total. The maximum Gasteiger partial charge on any atom is 0.270 e. The molecule has 0 atom stereocenters. The second-order valence-electron chi connectivity index (χ2n) is 7.54. The van der Waals surface area contributed by atoms with Gasteiger partial charge in [-0.25, -0.2) is 4.68 Å². The van der Waals surface area contributed by atoms with Gasteiger partial charge >= 0.3 is 0 Å². The van der Waals surface area contributed by atoms with Crippen LogP contribution in [-0.4, -0.2) is 21.7 Å². The standard InChI is InChI=1S/C23H27N3O/c1-14(2)24-23(27)22-13-20(19-10-9-16(4)18(6)12-19)25-26(22)21-11-15(3)7-8-17(21)5/h7-14H,1-6H3,(H,24,27). The number of amides is 1. The lowest BCUT2D eigenvalue weighted by molar-refractivity contribution is 0.0935. The average Bonchev–Trinajstić information content (AvgIpc) is 3.04. The van der Waals surface area contributed by atoms with Crippen molar-refractivity contribution in [2.75, 3.05) is 0 Å². The molecule has 0 spiro atoms. The molecule has 0 unspecified atom stereocenters. The van der Waals surface area contributed by atoms with Gasteiger partial charge in [0, 0.05) is 11.6 Å². The van der Waals surface area contributed by atoms with Gasteiger partial charge in [-0.1, -0.05) is 24.3 Å². The number of carbonyl (C=O) groups excluding carboxylic acids is 1. The van der Waals surface area contributed by atoms with Crippen molar-refractivity contribution in [2.24, 2.45) is 0 Å². The van der Waals surface area contributed by atoms with Gasteiger partial charge in [0.1, 0.15) is 5.69 Å². The number of hydrogen-bond donors (Lipinski definition) is 1. The Morgan fingerprint density at radius 3 is 2.30 bits per heavy atom. The van der Waals surface area contributed by atoms with Crippen molar-refractivity contribution >= 4 is 5.91 Å². The van der Waals surface area contributed by atoms with Crippen LogP contribution in [0.15, 0.2) is 42.5 Å². The van der Waals surface area contributed by atoms with E-state index in [1.165, 1.54) is 11.1 Å². The summed E-state index contributed by atoms with van der Waals surface area (Å²) in [6, 6.07) is 14.4. The monoisotopic (exact) mass is 361 g/mol. The number of nitrogens with one attached hydrogen (secondary N) is 1. The summed E-state index contributed by atoms with van der Waals surface area (Å²) in [5.74, 6) is -0.117. The van der Waals surface area contributed by atoms with Crippen LogP contribution in [0.4, 0.5) is 0 Å². The van der Waals surface area contributed by atoms with Crippen LogP contribution in [0.3, 0.4) is 0 Å². The number of aryl methyl sites for hydroxylation is 4. The summed E-state index contributed by atoms with van der Waals surface area (Å²) in [6.45, 7) is 12.2. The van der Waals surface area contributed by atoms with E-state index in [1.54, 1.807) is 4.68 Å². The molecule has 0 saturated carbocycles. The van der Waals surface area contributed by atoms with Crippen LogP contribution < -0.4 is 5.32 Å². The second-order valence-corrected chi connectivity index (χ2v) is 7.54. The fourth-order valence-corrected chi connectivity index (χ4v) is 3.05. The summed E-state index contributed by atoms with van der Waals surface area (Å²) in [6.07, 6.45) is 0. The summed E-state index contributed by atoms with van der Waals surface area (Å²) >= 11 is 0. The molecule has 0 radical (unpaired) electrons. The maximum atomic E-state index is 12.8. The van der Waals surface area contributed by atoms with Crippen molar-refractivity contribution in [3.63, 3.8) is 0 Å². The molecule has 1 heterocycles. The Morgan fingerprint density at radius 2 is 1.63 bits per heavy atom. The van der Waals surface area contributed by atoms with Crippen molar-refractivity contribution in [1.29, 1.82) is 0 Å². The SMILES string of the molecule is Cc1ccc(C)c(-n2nc(-c3ccc(C)c(C)c3)cc2C(=O)NC(C)C)c1. The van der Waals surface area contributed by atoms with Gasteiger partial charge in [-0.3, -0.25) is 4.79 Å². The molecule has 1 N–H and O–H groups in total. The topological polar surface area (TPSA) is 46.9 Å². The largest absolute Gasteiger partial charge is 0.349 e. The predicted molar refractivity (Wildman–Crippen MR) is 111 cm³/mol. The predicted octanol–water partition coefficient (Wildman–Crippen LogP) is 4.91. The van der Waals surface area contributed by atoms with Crippen molar-refractivity contribution in [3.05, 3.63) is 70.4 Å². The quantitative estimate of drug-likeness (QED) is 0.717. The lowest BCUT2D eigenvalue weighted by Crippen LogP contribution is -2.31. The molecule has 4 heteroatoms. The number of carbonyl (C=O) groups is 1. The van der Waals surface area contributed by atoms with Crippen LogP contribution in [0.5, 0.6) is 0 Å². The molecule has 0 saturated heterocycles. The highest BCUT2D eigenvalue weighted by Gasteiger charge is 2.19. The minimum Gasteiger partial charge on any atom is -0.349 e. The molecule has 140 valence electrons. The third kappa shape index (κ3) is 3.95. The van der Waals surface area contributed by atoms with E-state index in [0.29, 0.717) is 5.69 Å². The van der Waals surface area contributed by atoms with E-state index in [0.717, 1.165) is 28.1 Å². The molecular formula is C23H27N3O. The molecular weight excluding hydrogens is 334 g/mol. The fourth-order valence-electron chi connectivity index (χ4n) is 3.05. The van der Waals surface area contributed by atoms with Gasteiger partial charge < -0.3 is 5.32 Å². The highest BCUT2D eigenvalue weighted by molar-refractivity contribution is 5.94. The Morgan fingerprint density at radius 1 is 0.926 bits per heavy atom. The van der Waals surface area contributed by atoms with E-state index in [4.69, 9.17) is 5.10 Å². The van der Waals surface area contributed by atoms with E-state index >= 15 is 0 Å².